The topological polar surface area (TPSA) is 180 Å². The molecule has 2 aliphatic heterocycles. The lowest BCUT2D eigenvalue weighted by atomic mass is 9.89. The number of carbonyl (C=O) groups excluding carboxylic acids is 4. The van der Waals surface area contributed by atoms with Crippen molar-refractivity contribution >= 4 is 24.2 Å². The van der Waals surface area contributed by atoms with Gasteiger partial charge in [-0.15, -0.1) is 4.68 Å². The van der Waals surface area contributed by atoms with E-state index < -0.39 is 58.4 Å². The predicted octanol–water partition coefficient (Wildman–Crippen LogP) is 5.84. The van der Waals surface area contributed by atoms with Crippen molar-refractivity contribution in [1.82, 2.24) is 20.4 Å². The average molecular weight is 817 g/mol. The van der Waals surface area contributed by atoms with Crippen LogP contribution in [0.2, 0.25) is 0 Å². The summed E-state index contributed by atoms with van der Waals surface area (Å²) < 4.78 is 32.3. The summed E-state index contributed by atoms with van der Waals surface area (Å²) in [6, 6.07) is 5.78. The maximum Gasteiger partial charge on any atom is 0.431 e. The molecule has 0 radical (unpaired) electrons. The number of likely N-dealkylation sites (tertiary alicyclic amines) is 1. The van der Waals surface area contributed by atoms with Gasteiger partial charge in [-0.05, 0) is 133 Å². The fourth-order valence-corrected chi connectivity index (χ4v) is 6.52. The molecule has 324 valence electrons. The van der Waals surface area contributed by atoms with Crippen LogP contribution in [0.3, 0.4) is 0 Å². The van der Waals surface area contributed by atoms with Crippen LogP contribution in [0.15, 0.2) is 30.6 Å². The second-order valence-electron chi connectivity index (χ2n) is 19.4. The highest BCUT2D eigenvalue weighted by molar-refractivity contribution is 5.81. The Kier molecular flexibility index (Phi) is 14.1. The minimum Gasteiger partial charge on any atom is -0.486 e. The van der Waals surface area contributed by atoms with Gasteiger partial charge in [-0.1, -0.05) is 6.07 Å². The Morgan fingerprint density at radius 2 is 1.47 bits per heavy atom. The van der Waals surface area contributed by atoms with Crippen LogP contribution in [0, 0.1) is 5.92 Å². The van der Waals surface area contributed by atoms with Gasteiger partial charge in [0.05, 0.1) is 17.9 Å². The summed E-state index contributed by atoms with van der Waals surface area (Å²) in [6.07, 6.45) is 2.08. The monoisotopic (exact) mass is 816 g/mol. The molecule has 1 aromatic heterocycles. The molecule has 3 heterocycles. The summed E-state index contributed by atoms with van der Waals surface area (Å²) in [4.78, 5) is 58.8. The van der Waals surface area contributed by atoms with E-state index >= 15 is 0 Å². The lowest BCUT2D eigenvalue weighted by molar-refractivity contribution is -0.780. The van der Waals surface area contributed by atoms with E-state index in [2.05, 4.69) is 10.8 Å². The number of hydrogen-bond donors (Lipinski definition) is 3. The Morgan fingerprint density at radius 3 is 2.09 bits per heavy atom. The van der Waals surface area contributed by atoms with Gasteiger partial charge < -0.3 is 39.0 Å². The summed E-state index contributed by atoms with van der Waals surface area (Å²) >= 11 is 0. The number of nitrogens with one attached hydrogen (secondary N) is 2. The Hall–Kier alpha value is -4.57. The van der Waals surface area contributed by atoms with Crippen LogP contribution in [0.1, 0.15) is 108 Å². The van der Waals surface area contributed by atoms with Crippen LogP contribution < -0.4 is 20.2 Å². The van der Waals surface area contributed by atoms with Crippen molar-refractivity contribution in [3.63, 3.8) is 0 Å². The summed E-state index contributed by atoms with van der Waals surface area (Å²) in [5.74, 6) is -0.0111. The first-order chi connectivity index (χ1) is 26.6. The van der Waals surface area contributed by atoms with Gasteiger partial charge in [-0.2, -0.15) is 10.2 Å². The molecular formula is C42H66N5O11+. The van der Waals surface area contributed by atoms with Gasteiger partial charge in [-0.25, -0.2) is 24.0 Å². The maximum absolute atomic E-state index is 13.6. The van der Waals surface area contributed by atoms with Crippen LogP contribution >= 0.6 is 0 Å². The second-order valence-corrected chi connectivity index (χ2v) is 19.4. The summed E-state index contributed by atoms with van der Waals surface area (Å²) in [5, 5.41) is 13.7. The Morgan fingerprint density at radius 1 is 0.845 bits per heavy atom. The van der Waals surface area contributed by atoms with Crippen molar-refractivity contribution in [1.29, 1.82) is 0 Å². The largest absolute Gasteiger partial charge is 0.486 e. The molecule has 0 bridgehead atoms. The van der Waals surface area contributed by atoms with E-state index in [0.717, 1.165) is 23.1 Å². The standard InChI is InChI=1S/C42H65N5O11/c1-38(2,3)54-34(49)42(13,58-44-36(51)56-40(7,8)9)33-17-15-29-20-28(14-16-32(29)53-33)30-24-46(23-27-18-19-45(22-27)37(52)57-41(10,11)12)47(25-30)26-31(48)21-43-35(50)55-39(4,5)6/h14,16,20,24-25,27,31,33,48H,15,17-19,21-23,26H2,1-13H3,(H-,43,44,50,51)/p+1/t27-,31+,33-,42+/m1/s1. The van der Waals surface area contributed by atoms with E-state index in [1.807, 2.05) is 60.7 Å². The molecule has 0 aliphatic carbocycles. The van der Waals surface area contributed by atoms with E-state index in [-0.39, 0.29) is 25.1 Å². The zero-order chi connectivity index (χ0) is 43.4. The fourth-order valence-electron chi connectivity index (χ4n) is 6.52. The minimum absolute atomic E-state index is 0.0190. The number of benzene rings is 1. The summed E-state index contributed by atoms with van der Waals surface area (Å²) in [7, 11) is 0. The van der Waals surface area contributed by atoms with E-state index in [9.17, 15) is 24.3 Å². The third-order valence-corrected chi connectivity index (χ3v) is 9.07. The minimum atomic E-state index is -1.72. The number of amides is 3. The van der Waals surface area contributed by atoms with Crippen LogP contribution in [-0.4, -0.2) is 98.8 Å². The molecule has 0 spiro atoms. The Labute approximate surface area is 342 Å². The number of carbonyl (C=O) groups is 4. The molecule has 0 saturated carbocycles. The molecule has 0 unspecified atom stereocenters. The molecule has 4 atom stereocenters. The highest BCUT2D eigenvalue weighted by atomic mass is 16.7. The number of hydroxylamine groups is 1. The number of hydrogen-bond acceptors (Lipinski definition) is 11. The quantitative estimate of drug-likeness (QED) is 0.107. The van der Waals surface area contributed by atoms with E-state index in [4.69, 9.17) is 28.5 Å². The van der Waals surface area contributed by atoms with Crippen molar-refractivity contribution in [3.05, 3.63) is 36.2 Å². The number of aliphatic hydroxyl groups excluding tert-OH is 1. The molecule has 3 amide bonds. The number of aromatic nitrogens is 2. The van der Waals surface area contributed by atoms with Crippen LogP contribution in [-0.2, 0) is 48.1 Å². The SMILES string of the molecule is CC(C)(C)OC(=O)NC[C@H](O)Cn1cc(-c2ccc3c(c2)CC[C@H]([C@](C)(ONC(=O)OC(C)(C)C)C(=O)OC(C)(C)C)O3)c[n+]1C[C@@H]1CCN(C(=O)OC(C)(C)C)C1. The van der Waals surface area contributed by atoms with Crippen molar-refractivity contribution < 1.29 is 57.5 Å². The molecule has 16 nitrogen and oxygen atoms in total. The first kappa shape index (κ1) is 46.1. The number of aryl methyl sites for hydroxylation is 1. The Balaban J connectivity index is 1.56. The van der Waals surface area contributed by atoms with Gasteiger partial charge in [0.1, 0.15) is 40.8 Å². The lowest BCUT2D eigenvalue weighted by Gasteiger charge is -2.39. The van der Waals surface area contributed by atoms with Crippen LogP contribution in [0.4, 0.5) is 14.4 Å². The number of nitrogens with zero attached hydrogens (tertiary/aromatic N) is 3. The highest BCUT2D eigenvalue weighted by Gasteiger charge is 2.50. The smallest absolute Gasteiger partial charge is 0.431 e. The van der Waals surface area contributed by atoms with Gasteiger partial charge in [0.25, 0.3) is 0 Å². The first-order valence-electron chi connectivity index (χ1n) is 20.0. The third kappa shape index (κ3) is 13.8. The number of fused-ring (bicyclic) bond motifs is 1. The third-order valence-electron chi connectivity index (χ3n) is 9.07. The number of esters is 1. The molecule has 1 saturated heterocycles. The van der Waals surface area contributed by atoms with Crippen molar-refractivity contribution in [2.24, 2.45) is 5.92 Å². The molecule has 3 N–H and O–H groups in total. The molecule has 1 aromatic carbocycles. The number of aliphatic hydroxyl groups is 1. The van der Waals surface area contributed by atoms with Gasteiger partial charge in [0, 0.05) is 25.6 Å². The molecule has 2 aliphatic rings. The average Bonchev–Trinajstić information content (AvgIpc) is 3.70. The van der Waals surface area contributed by atoms with Crippen LogP contribution in [0.25, 0.3) is 11.1 Å². The van der Waals surface area contributed by atoms with Gasteiger partial charge in [0.2, 0.25) is 11.8 Å². The van der Waals surface area contributed by atoms with Gasteiger partial charge in [0.15, 0.2) is 6.54 Å². The van der Waals surface area contributed by atoms with E-state index in [1.54, 1.807) is 67.2 Å². The van der Waals surface area contributed by atoms with Crippen molar-refractivity contribution in [2.75, 3.05) is 19.6 Å². The van der Waals surface area contributed by atoms with Crippen molar-refractivity contribution in [2.45, 2.75) is 163 Å². The lowest BCUT2D eigenvalue weighted by Crippen LogP contribution is -2.58. The number of rotatable bonds is 11. The molecule has 58 heavy (non-hydrogen) atoms. The van der Waals surface area contributed by atoms with Crippen LogP contribution in [0.5, 0.6) is 5.75 Å². The predicted molar refractivity (Wildman–Crippen MR) is 214 cm³/mol. The second kappa shape index (κ2) is 17.7. The van der Waals surface area contributed by atoms with E-state index in [0.29, 0.717) is 38.2 Å². The summed E-state index contributed by atoms with van der Waals surface area (Å²) in [6.45, 7) is 24.6. The zero-order valence-electron chi connectivity index (χ0n) is 36.6. The van der Waals surface area contributed by atoms with Gasteiger partial charge >= 0.3 is 24.2 Å². The maximum atomic E-state index is 13.6. The first-order valence-corrected chi connectivity index (χ1v) is 20.0. The Bertz CT molecular complexity index is 1780. The normalized spacial score (nSPS) is 18.9. The number of ether oxygens (including phenoxy) is 5. The molecule has 2 aromatic rings. The molecule has 16 heteroatoms. The molecular weight excluding hydrogens is 750 g/mol. The highest BCUT2D eigenvalue weighted by Crippen LogP contribution is 2.37. The summed E-state index contributed by atoms with van der Waals surface area (Å²) in [5.41, 5.74) is 0.344. The van der Waals surface area contributed by atoms with E-state index in [1.165, 1.54) is 6.92 Å². The zero-order valence-corrected chi connectivity index (χ0v) is 36.6. The fraction of sp³-hybridized carbons (Fsp3) is 0.690. The molecule has 4 rings (SSSR count). The van der Waals surface area contributed by atoms with Crippen molar-refractivity contribution in [3.8, 4) is 16.9 Å². The number of alkyl carbamates (subject to hydrolysis) is 1. The molecule has 1 fully saturated rings. The van der Waals surface area contributed by atoms with Gasteiger partial charge in [-0.3, -0.25) is 0 Å².